The van der Waals surface area contributed by atoms with Gasteiger partial charge in [-0.1, -0.05) is 32.1 Å². The van der Waals surface area contributed by atoms with Gasteiger partial charge in [-0.2, -0.15) is 5.26 Å². The topological polar surface area (TPSA) is 73.1 Å². The average Bonchev–Trinajstić information content (AvgIpc) is 2.42. The van der Waals surface area contributed by atoms with E-state index in [1.54, 1.807) is 0 Å². The van der Waals surface area contributed by atoms with E-state index in [-0.39, 0.29) is 5.56 Å². The number of nitrogens with zero attached hydrogens (tertiary/aromatic N) is 1. The number of benzene rings is 1. The number of nitrogens with one attached hydrogen (secondary N) is 1. The SMILES string of the molecule is N#CC1(NC(=O)c2ccc(F)cc2O)CCCCCCC1. The lowest BCUT2D eigenvalue weighted by Crippen LogP contribution is -2.47. The summed E-state index contributed by atoms with van der Waals surface area (Å²) in [6, 6.07) is 5.47. The van der Waals surface area contributed by atoms with Crippen LogP contribution in [0.5, 0.6) is 5.75 Å². The van der Waals surface area contributed by atoms with Crippen LogP contribution in [0, 0.1) is 17.1 Å². The summed E-state index contributed by atoms with van der Waals surface area (Å²) in [4.78, 5) is 12.3. The number of carbonyl (C=O) groups is 1. The fourth-order valence-electron chi connectivity index (χ4n) is 2.76. The zero-order valence-electron chi connectivity index (χ0n) is 11.9. The summed E-state index contributed by atoms with van der Waals surface area (Å²) in [5, 5.41) is 21.9. The number of aromatic hydroxyl groups is 1. The molecule has 0 atom stereocenters. The molecule has 0 bridgehead atoms. The molecular weight excluding hydrogens is 271 g/mol. The zero-order chi connectivity index (χ0) is 15.3. The molecule has 5 heteroatoms. The molecule has 0 aliphatic heterocycles. The first kappa shape index (κ1) is 15.3. The monoisotopic (exact) mass is 290 g/mol. The second kappa shape index (κ2) is 6.57. The molecule has 0 aromatic heterocycles. The Morgan fingerprint density at radius 1 is 1.24 bits per heavy atom. The second-order valence-electron chi connectivity index (χ2n) is 5.58. The van der Waals surface area contributed by atoms with E-state index >= 15 is 0 Å². The van der Waals surface area contributed by atoms with E-state index in [0.29, 0.717) is 12.8 Å². The number of nitriles is 1. The highest BCUT2D eigenvalue weighted by atomic mass is 19.1. The number of halogens is 1. The van der Waals surface area contributed by atoms with Crippen molar-refractivity contribution < 1.29 is 14.3 Å². The summed E-state index contributed by atoms with van der Waals surface area (Å²) in [5.74, 6) is -1.55. The fraction of sp³-hybridized carbons (Fsp3) is 0.500. The van der Waals surface area contributed by atoms with E-state index in [4.69, 9.17) is 0 Å². The van der Waals surface area contributed by atoms with Crippen molar-refractivity contribution in [1.29, 1.82) is 5.26 Å². The van der Waals surface area contributed by atoms with Gasteiger partial charge in [0.05, 0.1) is 11.6 Å². The van der Waals surface area contributed by atoms with Crippen LogP contribution in [0.25, 0.3) is 0 Å². The van der Waals surface area contributed by atoms with Crippen LogP contribution in [0.3, 0.4) is 0 Å². The van der Waals surface area contributed by atoms with Crippen molar-refractivity contribution in [3.63, 3.8) is 0 Å². The van der Waals surface area contributed by atoms with E-state index in [1.165, 1.54) is 6.07 Å². The third-order valence-electron chi connectivity index (χ3n) is 3.98. The van der Waals surface area contributed by atoms with Crippen LogP contribution in [-0.2, 0) is 0 Å². The van der Waals surface area contributed by atoms with Gasteiger partial charge in [-0.05, 0) is 25.0 Å². The molecule has 2 N–H and O–H groups in total. The Bertz CT molecular complexity index is 558. The minimum atomic E-state index is -0.891. The van der Waals surface area contributed by atoms with Crippen LogP contribution in [0.4, 0.5) is 4.39 Å². The van der Waals surface area contributed by atoms with E-state index in [9.17, 15) is 19.6 Å². The molecule has 0 spiro atoms. The maximum absolute atomic E-state index is 13.0. The Morgan fingerprint density at radius 2 is 1.86 bits per heavy atom. The lowest BCUT2D eigenvalue weighted by Gasteiger charge is -2.29. The number of phenolic OH excluding ortho intramolecular Hbond substituents is 1. The largest absolute Gasteiger partial charge is 0.507 e. The molecule has 0 saturated heterocycles. The molecule has 1 fully saturated rings. The third-order valence-corrected chi connectivity index (χ3v) is 3.98. The smallest absolute Gasteiger partial charge is 0.256 e. The highest BCUT2D eigenvalue weighted by Crippen LogP contribution is 2.27. The van der Waals surface area contributed by atoms with Crippen molar-refractivity contribution in [2.75, 3.05) is 0 Å². The van der Waals surface area contributed by atoms with Crippen molar-refractivity contribution in [3.05, 3.63) is 29.6 Å². The molecule has 1 saturated carbocycles. The van der Waals surface area contributed by atoms with Crippen molar-refractivity contribution >= 4 is 5.91 Å². The van der Waals surface area contributed by atoms with Crippen molar-refractivity contribution in [3.8, 4) is 11.8 Å². The normalized spacial score (nSPS) is 18.1. The highest BCUT2D eigenvalue weighted by Gasteiger charge is 2.32. The molecule has 1 aliphatic rings. The molecule has 1 aliphatic carbocycles. The molecule has 2 rings (SSSR count). The number of amides is 1. The van der Waals surface area contributed by atoms with Gasteiger partial charge in [0, 0.05) is 6.07 Å². The molecular formula is C16H19FN2O2. The van der Waals surface area contributed by atoms with Gasteiger partial charge in [0.1, 0.15) is 17.1 Å². The first-order valence-electron chi connectivity index (χ1n) is 7.29. The van der Waals surface area contributed by atoms with Gasteiger partial charge in [0.25, 0.3) is 5.91 Å². The molecule has 1 amide bonds. The minimum Gasteiger partial charge on any atom is -0.507 e. The number of rotatable bonds is 2. The van der Waals surface area contributed by atoms with E-state index in [0.717, 1.165) is 44.2 Å². The maximum atomic E-state index is 13.0. The number of phenols is 1. The number of hydrogen-bond acceptors (Lipinski definition) is 3. The zero-order valence-corrected chi connectivity index (χ0v) is 11.9. The van der Waals surface area contributed by atoms with Gasteiger partial charge in [-0.25, -0.2) is 4.39 Å². The summed E-state index contributed by atoms with van der Waals surface area (Å²) in [7, 11) is 0. The Hall–Kier alpha value is -2.09. The molecule has 1 aromatic carbocycles. The van der Waals surface area contributed by atoms with Gasteiger partial charge in [0.15, 0.2) is 0 Å². The van der Waals surface area contributed by atoms with Crippen LogP contribution in [-0.4, -0.2) is 16.6 Å². The molecule has 0 heterocycles. The first-order chi connectivity index (χ1) is 10.1. The van der Waals surface area contributed by atoms with Gasteiger partial charge in [-0.15, -0.1) is 0 Å². The van der Waals surface area contributed by atoms with Gasteiger partial charge in [-0.3, -0.25) is 4.79 Å². The quantitative estimate of drug-likeness (QED) is 0.878. The van der Waals surface area contributed by atoms with Crippen LogP contribution < -0.4 is 5.32 Å². The Kier molecular flexibility index (Phi) is 4.79. The summed E-state index contributed by atoms with van der Waals surface area (Å²) in [5.41, 5.74) is -0.897. The van der Waals surface area contributed by atoms with Crippen LogP contribution in [0.15, 0.2) is 18.2 Å². The molecule has 21 heavy (non-hydrogen) atoms. The predicted molar refractivity (Wildman–Crippen MR) is 76.2 cm³/mol. The van der Waals surface area contributed by atoms with Gasteiger partial charge >= 0.3 is 0 Å². The molecule has 0 radical (unpaired) electrons. The van der Waals surface area contributed by atoms with Crippen LogP contribution in [0.2, 0.25) is 0 Å². The summed E-state index contributed by atoms with van der Waals surface area (Å²) in [6.07, 6.45) is 6.28. The highest BCUT2D eigenvalue weighted by molar-refractivity contribution is 5.97. The van der Waals surface area contributed by atoms with Crippen molar-refractivity contribution in [2.45, 2.75) is 50.5 Å². The van der Waals surface area contributed by atoms with Gasteiger partial charge < -0.3 is 10.4 Å². The van der Waals surface area contributed by atoms with Crippen molar-refractivity contribution in [1.82, 2.24) is 5.32 Å². The Balaban J connectivity index is 2.16. The predicted octanol–water partition coefficient (Wildman–Crippen LogP) is 3.27. The molecule has 1 aromatic rings. The van der Waals surface area contributed by atoms with E-state index in [1.807, 2.05) is 0 Å². The summed E-state index contributed by atoms with van der Waals surface area (Å²) < 4.78 is 13.0. The minimum absolute atomic E-state index is 0.00640. The third kappa shape index (κ3) is 3.72. The maximum Gasteiger partial charge on any atom is 0.256 e. The number of carbonyl (C=O) groups excluding carboxylic acids is 1. The summed E-state index contributed by atoms with van der Waals surface area (Å²) in [6.45, 7) is 0. The van der Waals surface area contributed by atoms with Crippen LogP contribution in [0.1, 0.15) is 55.3 Å². The van der Waals surface area contributed by atoms with E-state index < -0.39 is 23.0 Å². The standard InChI is InChI=1S/C16H19FN2O2/c17-12-6-7-13(14(20)10-12)15(21)19-16(11-18)8-4-2-1-3-5-9-16/h6-7,10,20H,1-5,8-9H2,(H,19,21). The summed E-state index contributed by atoms with van der Waals surface area (Å²) >= 11 is 0. The second-order valence-corrected chi connectivity index (χ2v) is 5.58. The lowest BCUT2D eigenvalue weighted by atomic mass is 9.85. The molecule has 112 valence electrons. The molecule has 0 unspecified atom stereocenters. The first-order valence-corrected chi connectivity index (χ1v) is 7.29. The Labute approximate surface area is 123 Å². The van der Waals surface area contributed by atoms with Crippen LogP contribution >= 0.6 is 0 Å². The Morgan fingerprint density at radius 3 is 2.43 bits per heavy atom. The number of hydrogen-bond donors (Lipinski definition) is 2. The fourth-order valence-corrected chi connectivity index (χ4v) is 2.76. The van der Waals surface area contributed by atoms with Gasteiger partial charge in [0.2, 0.25) is 0 Å². The lowest BCUT2D eigenvalue weighted by molar-refractivity contribution is 0.0905. The van der Waals surface area contributed by atoms with E-state index in [2.05, 4.69) is 11.4 Å². The average molecular weight is 290 g/mol. The molecule has 4 nitrogen and oxygen atoms in total. The van der Waals surface area contributed by atoms with Crippen molar-refractivity contribution in [2.24, 2.45) is 0 Å².